The van der Waals surface area contributed by atoms with Crippen LogP contribution < -0.4 is 10.9 Å². The van der Waals surface area contributed by atoms with Gasteiger partial charge in [-0.25, -0.2) is 4.68 Å². The SMILES string of the molecule is CCn1nc(C(=O)NCC2(c3ccc(Cl)cc3)CCOCC2)c2ccccc2c1=O. The van der Waals surface area contributed by atoms with E-state index in [0.29, 0.717) is 42.1 Å². The van der Waals surface area contributed by atoms with Gasteiger partial charge in [-0.1, -0.05) is 41.9 Å². The molecular weight excluding hydrogens is 402 g/mol. The topological polar surface area (TPSA) is 73.2 Å². The third-order valence-electron chi connectivity index (χ3n) is 5.88. The minimum Gasteiger partial charge on any atom is -0.381 e. The molecule has 0 saturated carbocycles. The zero-order chi connectivity index (χ0) is 21.1. The van der Waals surface area contributed by atoms with Gasteiger partial charge in [-0.05, 0) is 43.5 Å². The van der Waals surface area contributed by atoms with Crippen LogP contribution in [0, 0.1) is 0 Å². The number of ether oxygens (including phenoxy) is 1. The maximum atomic E-state index is 13.2. The minimum atomic E-state index is -0.284. The Morgan fingerprint density at radius 2 is 1.80 bits per heavy atom. The summed E-state index contributed by atoms with van der Waals surface area (Å²) in [5.74, 6) is -0.284. The Morgan fingerprint density at radius 3 is 2.47 bits per heavy atom. The molecule has 4 rings (SSSR count). The Bertz CT molecular complexity index is 1120. The molecule has 0 spiro atoms. The number of benzene rings is 2. The first-order valence-electron chi connectivity index (χ1n) is 10.2. The number of carbonyl (C=O) groups excluding carboxylic acids is 1. The molecule has 30 heavy (non-hydrogen) atoms. The molecule has 0 aliphatic carbocycles. The summed E-state index contributed by atoms with van der Waals surface area (Å²) in [6.45, 7) is 3.97. The number of halogens is 1. The fourth-order valence-corrected chi connectivity index (χ4v) is 4.21. The van der Waals surface area contributed by atoms with E-state index in [1.807, 2.05) is 37.3 Å². The molecule has 7 heteroatoms. The average molecular weight is 426 g/mol. The second kappa shape index (κ2) is 8.58. The molecule has 1 aliphatic heterocycles. The molecule has 1 aliphatic rings. The summed E-state index contributed by atoms with van der Waals surface area (Å²) in [7, 11) is 0. The molecule has 1 fully saturated rings. The summed E-state index contributed by atoms with van der Waals surface area (Å²) in [5, 5.41) is 9.17. The van der Waals surface area contributed by atoms with Gasteiger partial charge in [0.1, 0.15) is 0 Å². The van der Waals surface area contributed by atoms with Gasteiger partial charge < -0.3 is 10.1 Å². The van der Waals surface area contributed by atoms with Crippen molar-refractivity contribution in [2.24, 2.45) is 0 Å². The number of nitrogens with one attached hydrogen (secondary N) is 1. The second-order valence-electron chi connectivity index (χ2n) is 7.60. The van der Waals surface area contributed by atoms with Gasteiger partial charge in [0.25, 0.3) is 11.5 Å². The number of aromatic nitrogens is 2. The lowest BCUT2D eigenvalue weighted by molar-refractivity contribution is 0.0486. The van der Waals surface area contributed by atoms with Crippen molar-refractivity contribution in [2.45, 2.75) is 31.7 Å². The van der Waals surface area contributed by atoms with Crippen LogP contribution in [-0.2, 0) is 16.7 Å². The number of carbonyl (C=O) groups is 1. The van der Waals surface area contributed by atoms with Crippen LogP contribution >= 0.6 is 11.6 Å². The molecule has 1 saturated heterocycles. The van der Waals surface area contributed by atoms with Crippen LogP contribution in [0.2, 0.25) is 5.02 Å². The predicted octanol–water partition coefficient (Wildman–Crippen LogP) is 3.55. The highest BCUT2D eigenvalue weighted by Crippen LogP contribution is 2.35. The Labute approximate surface area is 179 Å². The van der Waals surface area contributed by atoms with Crippen molar-refractivity contribution in [1.29, 1.82) is 0 Å². The van der Waals surface area contributed by atoms with Crippen LogP contribution in [0.3, 0.4) is 0 Å². The first-order chi connectivity index (χ1) is 14.5. The number of amides is 1. The quantitative estimate of drug-likeness (QED) is 0.678. The van der Waals surface area contributed by atoms with Gasteiger partial charge in [0.15, 0.2) is 5.69 Å². The fraction of sp³-hybridized carbons (Fsp3) is 0.348. The highest BCUT2D eigenvalue weighted by molar-refractivity contribution is 6.30. The number of aryl methyl sites for hydroxylation is 1. The van der Waals surface area contributed by atoms with Crippen molar-refractivity contribution in [1.82, 2.24) is 15.1 Å². The number of nitrogens with zero attached hydrogens (tertiary/aromatic N) is 2. The standard InChI is InChI=1S/C23H24ClN3O3/c1-2-27-22(29)19-6-4-3-5-18(19)20(26-27)21(28)25-15-23(11-13-30-14-12-23)16-7-9-17(24)10-8-16/h3-10H,2,11-15H2,1H3,(H,25,28). The van der Waals surface area contributed by atoms with E-state index in [0.717, 1.165) is 18.4 Å². The van der Waals surface area contributed by atoms with Crippen LogP contribution in [0.25, 0.3) is 10.8 Å². The van der Waals surface area contributed by atoms with Gasteiger partial charge in [0.2, 0.25) is 0 Å². The molecule has 1 N–H and O–H groups in total. The van der Waals surface area contributed by atoms with Gasteiger partial charge in [0.05, 0.1) is 5.39 Å². The van der Waals surface area contributed by atoms with E-state index in [-0.39, 0.29) is 22.6 Å². The van der Waals surface area contributed by atoms with Crippen molar-refractivity contribution in [3.63, 3.8) is 0 Å². The zero-order valence-electron chi connectivity index (χ0n) is 16.9. The Morgan fingerprint density at radius 1 is 1.13 bits per heavy atom. The van der Waals surface area contributed by atoms with E-state index in [1.165, 1.54) is 4.68 Å². The molecule has 3 aromatic rings. The molecule has 2 heterocycles. The first-order valence-corrected chi connectivity index (χ1v) is 10.5. The van der Waals surface area contributed by atoms with E-state index in [9.17, 15) is 9.59 Å². The van der Waals surface area contributed by atoms with Gasteiger partial charge in [-0.15, -0.1) is 0 Å². The third-order valence-corrected chi connectivity index (χ3v) is 6.13. The molecule has 6 nitrogen and oxygen atoms in total. The first kappa shape index (κ1) is 20.6. The van der Waals surface area contributed by atoms with Crippen molar-refractivity contribution >= 4 is 28.3 Å². The number of hydrogen-bond acceptors (Lipinski definition) is 4. The Hall–Kier alpha value is -2.70. The van der Waals surface area contributed by atoms with Crippen molar-refractivity contribution in [2.75, 3.05) is 19.8 Å². The number of hydrogen-bond donors (Lipinski definition) is 1. The van der Waals surface area contributed by atoms with Crippen molar-refractivity contribution < 1.29 is 9.53 Å². The summed E-state index contributed by atoms with van der Waals surface area (Å²) in [5.41, 5.74) is 0.983. The summed E-state index contributed by atoms with van der Waals surface area (Å²) >= 11 is 6.07. The molecule has 0 unspecified atom stereocenters. The largest absolute Gasteiger partial charge is 0.381 e. The molecule has 1 aromatic heterocycles. The molecule has 0 radical (unpaired) electrons. The van der Waals surface area contributed by atoms with Crippen LogP contribution in [0.1, 0.15) is 35.8 Å². The maximum absolute atomic E-state index is 13.2. The molecule has 0 bridgehead atoms. The van der Waals surface area contributed by atoms with Crippen LogP contribution in [0.4, 0.5) is 0 Å². The highest BCUT2D eigenvalue weighted by Gasteiger charge is 2.35. The second-order valence-corrected chi connectivity index (χ2v) is 8.03. The lowest BCUT2D eigenvalue weighted by Crippen LogP contribution is -2.45. The van der Waals surface area contributed by atoms with Crippen LogP contribution in [0.5, 0.6) is 0 Å². The molecule has 156 valence electrons. The number of fused-ring (bicyclic) bond motifs is 1. The van der Waals surface area contributed by atoms with Gasteiger partial charge in [-0.2, -0.15) is 5.10 Å². The smallest absolute Gasteiger partial charge is 0.274 e. The van der Waals surface area contributed by atoms with E-state index in [4.69, 9.17) is 16.3 Å². The summed E-state index contributed by atoms with van der Waals surface area (Å²) < 4.78 is 6.91. The lowest BCUT2D eigenvalue weighted by atomic mass is 9.74. The lowest BCUT2D eigenvalue weighted by Gasteiger charge is -2.38. The number of rotatable bonds is 5. The van der Waals surface area contributed by atoms with Crippen molar-refractivity contribution in [3.8, 4) is 0 Å². The Kier molecular flexibility index (Phi) is 5.88. The molecule has 0 atom stereocenters. The van der Waals surface area contributed by atoms with E-state index >= 15 is 0 Å². The summed E-state index contributed by atoms with van der Waals surface area (Å²) in [6.07, 6.45) is 1.61. The fourth-order valence-electron chi connectivity index (χ4n) is 4.08. The molecule has 1 amide bonds. The third kappa shape index (κ3) is 3.85. The predicted molar refractivity (Wildman–Crippen MR) is 117 cm³/mol. The van der Waals surface area contributed by atoms with Crippen LogP contribution in [0.15, 0.2) is 53.3 Å². The maximum Gasteiger partial charge on any atom is 0.274 e. The van der Waals surface area contributed by atoms with Crippen molar-refractivity contribution in [3.05, 3.63) is 75.2 Å². The van der Waals surface area contributed by atoms with E-state index in [1.54, 1.807) is 18.2 Å². The Balaban J connectivity index is 1.65. The average Bonchev–Trinajstić information content (AvgIpc) is 2.79. The zero-order valence-corrected chi connectivity index (χ0v) is 17.6. The normalized spacial score (nSPS) is 15.8. The molecular formula is C23H24ClN3O3. The highest BCUT2D eigenvalue weighted by atomic mass is 35.5. The van der Waals surface area contributed by atoms with Crippen LogP contribution in [-0.4, -0.2) is 35.4 Å². The van der Waals surface area contributed by atoms with E-state index in [2.05, 4.69) is 10.4 Å². The molecule has 2 aromatic carbocycles. The summed E-state index contributed by atoms with van der Waals surface area (Å²) in [6, 6.07) is 14.9. The van der Waals surface area contributed by atoms with Gasteiger partial charge in [0, 0.05) is 42.1 Å². The van der Waals surface area contributed by atoms with Gasteiger partial charge >= 0.3 is 0 Å². The van der Waals surface area contributed by atoms with E-state index < -0.39 is 0 Å². The van der Waals surface area contributed by atoms with Gasteiger partial charge in [-0.3, -0.25) is 9.59 Å². The summed E-state index contributed by atoms with van der Waals surface area (Å²) in [4.78, 5) is 25.7. The minimum absolute atomic E-state index is 0.188. The monoisotopic (exact) mass is 425 g/mol.